The minimum absolute atomic E-state index is 0.292. The van der Waals surface area contributed by atoms with E-state index in [2.05, 4.69) is 19.3 Å². The van der Waals surface area contributed by atoms with E-state index in [4.69, 9.17) is 10.6 Å². The van der Waals surface area contributed by atoms with Crippen LogP contribution in [0.4, 0.5) is 0 Å². The van der Waals surface area contributed by atoms with Crippen molar-refractivity contribution in [1.82, 2.24) is 5.43 Å². The number of hydrazine groups is 1. The van der Waals surface area contributed by atoms with Gasteiger partial charge < -0.3 is 4.74 Å². The molecule has 0 amide bonds. The van der Waals surface area contributed by atoms with Crippen molar-refractivity contribution in [2.24, 2.45) is 11.8 Å². The Hall–Kier alpha value is -0.120. The highest BCUT2D eigenvalue weighted by Crippen LogP contribution is 2.09. The SMILES string of the molecule is CCCC(C)C(COC)NN. The van der Waals surface area contributed by atoms with Crippen LogP contribution in [0.3, 0.4) is 0 Å². The summed E-state index contributed by atoms with van der Waals surface area (Å²) in [6.07, 6.45) is 2.39. The number of rotatable bonds is 6. The maximum atomic E-state index is 5.36. The summed E-state index contributed by atoms with van der Waals surface area (Å²) in [5.41, 5.74) is 2.76. The zero-order chi connectivity index (χ0) is 8.69. The van der Waals surface area contributed by atoms with Crippen molar-refractivity contribution in [2.75, 3.05) is 13.7 Å². The van der Waals surface area contributed by atoms with Gasteiger partial charge in [0.25, 0.3) is 0 Å². The smallest absolute Gasteiger partial charge is 0.0631 e. The number of nitrogens with one attached hydrogen (secondary N) is 1. The third kappa shape index (κ3) is 4.35. The van der Waals surface area contributed by atoms with E-state index in [1.54, 1.807) is 7.11 Å². The molecule has 68 valence electrons. The molecule has 0 heterocycles. The van der Waals surface area contributed by atoms with Gasteiger partial charge in [-0.15, -0.1) is 0 Å². The predicted molar refractivity (Wildman–Crippen MR) is 47.1 cm³/mol. The largest absolute Gasteiger partial charge is 0.383 e. The molecule has 3 N–H and O–H groups in total. The summed E-state index contributed by atoms with van der Waals surface area (Å²) in [5.74, 6) is 5.95. The van der Waals surface area contributed by atoms with Crippen molar-refractivity contribution in [1.29, 1.82) is 0 Å². The van der Waals surface area contributed by atoms with E-state index in [9.17, 15) is 0 Å². The van der Waals surface area contributed by atoms with Crippen molar-refractivity contribution >= 4 is 0 Å². The molecule has 0 radical (unpaired) electrons. The summed E-state index contributed by atoms with van der Waals surface area (Å²) in [4.78, 5) is 0. The molecular formula is C8H20N2O. The molecule has 11 heavy (non-hydrogen) atoms. The van der Waals surface area contributed by atoms with Gasteiger partial charge in [-0.3, -0.25) is 11.3 Å². The van der Waals surface area contributed by atoms with Crippen LogP contribution in [-0.2, 0) is 4.74 Å². The Morgan fingerprint density at radius 2 is 2.18 bits per heavy atom. The van der Waals surface area contributed by atoms with E-state index in [1.165, 1.54) is 12.8 Å². The molecule has 0 aliphatic rings. The topological polar surface area (TPSA) is 47.3 Å². The van der Waals surface area contributed by atoms with E-state index < -0.39 is 0 Å². The van der Waals surface area contributed by atoms with Crippen LogP contribution >= 0.6 is 0 Å². The van der Waals surface area contributed by atoms with Crippen molar-refractivity contribution < 1.29 is 4.74 Å². The van der Waals surface area contributed by atoms with Crippen LogP contribution in [0.2, 0.25) is 0 Å². The summed E-state index contributed by atoms with van der Waals surface area (Å²) in [6, 6.07) is 0.292. The Balaban J connectivity index is 3.61. The fraction of sp³-hybridized carbons (Fsp3) is 1.00. The van der Waals surface area contributed by atoms with Crippen LogP contribution in [0.5, 0.6) is 0 Å². The van der Waals surface area contributed by atoms with Crippen LogP contribution in [0, 0.1) is 5.92 Å². The second kappa shape index (κ2) is 6.58. The lowest BCUT2D eigenvalue weighted by Crippen LogP contribution is -2.43. The van der Waals surface area contributed by atoms with E-state index in [0.717, 1.165) is 0 Å². The second-order valence-corrected chi connectivity index (χ2v) is 2.99. The third-order valence-corrected chi connectivity index (χ3v) is 1.99. The highest BCUT2D eigenvalue weighted by atomic mass is 16.5. The standard InChI is InChI=1S/C8H20N2O/c1-4-5-7(2)8(10-9)6-11-3/h7-8,10H,4-6,9H2,1-3H3. The van der Waals surface area contributed by atoms with E-state index in [-0.39, 0.29) is 0 Å². The summed E-state index contributed by atoms with van der Waals surface area (Å²) in [5, 5.41) is 0. The van der Waals surface area contributed by atoms with Crippen molar-refractivity contribution in [3.05, 3.63) is 0 Å². The molecule has 0 saturated carbocycles. The fourth-order valence-electron chi connectivity index (χ4n) is 1.21. The molecule has 0 aromatic rings. The Labute approximate surface area is 69.3 Å². The molecule has 0 aromatic carbocycles. The Bertz CT molecular complexity index is 88.2. The zero-order valence-electron chi connectivity index (χ0n) is 7.76. The monoisotopic (exact) mass is 160 g/mol. The van der Waals surface area contributed by atoms with E-state index in [0.29, 0.717) is 18.6 Å². The van der Waals surface area contributed by atoms with Gasteiger partial charge in [0.15, 0.2) is 0 Å². The first-order chi connectivity index (χ1) is 5.26. The molecule has 2 unspecified atom stereocenters. The lowest BCUT2D eigenvalue weighted by Gasteiger charge is -2.21. The summed E-state index contributed by atoms with van der Waals surface area (Å²) in [6.45, 7) is 5.06. The Morgan fingerprint density at radius 3 is 2.55 bits per heavy atom. The molecule has 0 spiro atoms. The highest BCUT2D eigenvalue weighted by molar-refractivity contribution is 4.69. The molecular weight excluding hydrogens is 140 g/mol. The van der Waals surface area contributed by atoms with Crippen LogP contribution in [0.25, 0.3) is 0 Å². The number of nitrogens with two attached hydrogens (primary N) is 1. The first kappa shape index (κ1) is 10.9. The van der Waals surface area contributed by atoms with Gasteiger partial charge in [0, 0.05) is 13.2 Å². The van der Waals surface area contributed by atoms with Gasteiger partial charge in [-0.2, -0.15) is 0 Å². The molecule has 0 aliphatic heterocycles. The van der Waals surface area contributed by atoms with Gasteiger partial charge in [0.2, 0.25) is 0 Å². The number of methoxy groups -OCH3 is 1. The Kier molecular flexibility index (Phi) is 6.51. The van der Waals surface area contributed by atoms with Crippen LogP contribution in [0.15, 0.2) is 0 Å². The molecule has 3 heteroatoms. The van der Waals surface area contributed by atoms with Crippen molar-refractivity contribution in [2.45, 2.75) is 32.7 Å². The molecule has 0 aliphatic carbocycles. The van der Waals surface area contributed by atoms with Crippen molar-refractivity contribution in [3.8, 4) is 0 Å². The number of hydrogen-bond acceptors (Lipinski definition) is 3. The molecule has 2 atom stereocenters. The van der Waals surface area contributed by atoms with Gasteiger partial charge >= 0.3 is 0 Å². The van der Waals surface area contributed by atoms with E-state index in [1.807, 2.05) is 0 Å². The van der Waals surface area contributed by atoms with Gasteiger partial charge in [-0.1, -0.05) is 20.3 Å². The van der Waals surface area contributed by atoms with Crippen LogP contribution < -0.4 is 11.3 Å². The molecule has 0 aromatic heterocycles. The maximum Gasteiger partial charge on any atom is 0.0631 e. The minimum Gasteiger partial charge on any atom is -0.383 e. The molecule has 0 fully saturated rings. The van der Waals surface area contributed by atoms with Gasteiger partial charge in [-0.25, -0.2) is 0 Å². The average Bonchev–Trinajstić information content (AvgIpc) is 2.00. The Morgan fingerprint density at radius 1 is 1.55 bits per heavy atom. The summed E-state index contributed by atoms with van der Waals surface area (Å²) in [7, 11) is 1.70. The summed E-state index contributed by atoms with van der Waals surface area (Å²) < 4.78 is 5.02. The molecule has 3 nitrogen and oxygen atoms in total. The predicted octanol–water partition coefficient (Wildman–Crippen LogP) is 0.901. The number of ether oxygens (including phenoxy) is 1. The second-order valence-electron chi connectivity index (χ2n) is 2.99. The van der Waals surface area contributed by atoms with Gasteiger partial charge in [0.05, 0.1) is 6.61 Å². The number of hydrogen-bond donors (Lipinski definition) is 2. The molecule has 0 bridgehead atoms. The lowest BCUT2D eigenvalue weighted by atomic mass is 9.98. The minimum atomic E-state index is 0.292. The lowest BCUT2D eigenvalue weighted by molar-refractivity contribution is 0.141. The first-order valence-corrected chi connectivity index (χ1v) is 4.21. The molecule has 0 rings (SSSR count). The zero-order valence-corrected chi connectivity index (χ0v) is 7.76. The highest BCUT2D eigenvalue weighted by Gasteiger charge is 2.13. The summed E-state index contributed by atoms with van der Waals surface area (Å²) >= 11 is 0. The van der Waals surface area contributed by atoms with Gasteiger partial charge in [0.1, 0.15) is 0 Å². The normalized spacial score (nSPS) is 16.4. The van der Waals surface area contributed by atoms with Gasteiger partial charge in [-0.05, 0) is 12.3 Å². The van der Waals surface area contributed by atoms with Crippen molar-refractivity contribution in [3.63, 3.8) is 0 Å². The average molecular weight is 160 g/mol. The first-order valence-electron chi connectivity index (χ1n) is 4.21. The van der Waals surface area contributed by atoms with E-state index >= 15 is 0 Å². The van der Waals surface area contributed by atoms with Crippen LogP contribution in [-0.4, -0.2) is 19.8 Å². The van der Waals surface area contributed by atoms with Crippen LogP contribution in [0.1, 0.15) is 26.7 Å². The third-order valence-electron chi connectivity index (χ3n) is 1.99. The quantitative estimate of drug-likeness (QED) is 0.448. The fourth-order valence-corrected chi connectivity index (χ4v) is 1.21. The maximum absolute atomic E-state index is 5.36. The molecule has 0 saturated heterocycles.